The number of fused-ring (bicyclic) bond motifs is 2. The molecule has 0 spiro atoms. The Morgan fingerprint density at radius 1 is 1.18 bits per heavy atom. The van der Waals surface area contributed by atoms with Gasteiger partial charge in [0.25, 0.3) is 0 Å². The van der Waals surface area contributed by atoms with Crippen LogP contribution in [0.1, 0.15) is 55.2 Å². The van der Waals surface area contributed by atoms with E-state index in [2.05, 4.69) is 75.9 Å². The Hall–Kier alpha value is -3.08. The maximum atomic E-state index is 12.7. The Morgan fingerprint density at radius 3 is 2.74 bits per heavy atom. The quantitative estimate of drug-likeness (QED) is 0.409. The van der Waals surface area contributed by atoms with Crippen LogP contribution in [-0.2, 0) is 15.8 Å². The van der Waals surface area contributed by atoms with Gasteiger partial charge in [-0.3, -0.25) is 9.69 Å². The molecule has 2 fully saturated rings. The van der Waals surface area contributed by atoms with Gasteiger partial charge in [-0.15, -0.1) is 0 Å². The summed E-state index contributed by atoms with van der Waals surface area (Å²) in [4.78, 5) is 24.8. The van der Waals surface area contributed by atoms with Gasteiger partial charge in [0.05, 0.1) is 35.6 Å². The zero-order chi connectivity index (χ0) is 26.4. The van der Waals surface area contributed by atoms with Gasteiger partial charge in [-0.25, -0.2) is 18.4 Å². The predicted molar refractivity (Wildman–Crippen MR) is 150 cm³/mol. The number of hydrogen-bond donors (Lipinski definition) is 2. The summed E-state index contributed by atoms with van der Waals surface area (Å²) in [5.74, 6) is 1.46. The molecule has 2 aliphatic rings. The number of aromatic amines is 1. The zero-order valence-corrected chi connectivity index (χ0v) is 23.1. The van der Waals surface area contributed by atoms with Crippen LogP contribution >= 0.6 is 0 Å². The summed E-state index contributed by atoms with van der Waals surface area (Å²) in [5.41, 5.74) is 8.12. The molecular formula is C28H35N7O2S. The van der Waals surface area contributed by atoms with Crippen molar-refractivity contribution in [3.63, 3.8) is 0 Å². The lowest BCUT2D eigenvalue weighted by Crippen LogP contribution is -2.51. The number of aromatic nitrogens is 4. The SMILES string of the molecule is Cc1cc(-c2[nH]c3ccc(C4CCN(CC(=O)N5CCS(=O)NC5)CC4)cc3c2C(C)C)cn2ncnc12. The van der Waals surface area contributed by atoms with E-state index < -0.39 is 11.0 Å². The summed E-state index contributed by atoms with van der Waals surface area (Å²) in [7, 11) is -1.01. The van der Waals surface area contributed by atoms with Crippen molar-refractivity contribution in [1.29, 1.82) is 0 Å². The van der Waals surface area contributed by atoms with Crippen molar-refractivity contribution < 1.29 is 9.00 Å². The number of amides is 1. The van der Waals surface area contributed by atoms with Gasteiger partial charge in [0.2, 0.25) is 5.91 Å². The Bertz CT molecular complexity index is 1510. The van der Waals surface area contributed by atoms with Gasteiger partial charge in [0.15, 0.2) is 5.65 Å². The first-order valence-electron chi connectivity index (χ1n) is 13.4. The fourth-order valence-electron chi connectivity index (χ4n) is 5.96. The number of carbonyl (C=O) groups excluding carboxylic acids is 1. The fraction of sp³-hybridized carbons (Fsp3) is 0.464. The van der Waals surface area contributed by atoms with Crippen molar-refractivity contribution in [2.45, 2.75) is 45.4 Å². The Morgan fingerprint density at radius 2 is 2.00 bits per heavy atom. The molecule has 3 aromatic heterocycles. The van der Waals surface area contributed by atoms with Crippen molar-refractivity contribution in [3.05, 3.63) is 53.5 Å². The molecule has 10 heteroatoms. The maximum absolute atomic E-state index is 12.7. The van der Waals surface area contributed by atoms with Crippen molar-refractivity contribution in [3.8, 4) is 11.3 Å². The third kappa shape index (κ3) is 4.76. The summed E-state index contributed by atoms with van der Waals surface area (Å²) in [6, 6.07) is 9.07. The van der Waals surface area contributed by atoms with Crippen LogP contribution < -0.4 is 4.72 Å². The molecule has 9 nitrogen and oxygen atoms in total. The number of hydrogen-bond acceptors (Lipinski definition) is 5. The highest BCUT2D eigenvalue weighted by Crippen LogP contribution is 2.38. The monoisotopic (exact) mass is 533 g/mol. The Kier molecular flexibility index (Phi) is 6.79. The summed E-state index contributed by atoms with van der Waals surface area (Å²) in [6.45, 7) is 9.80. The molecule has 4 aromatic rings. The van der Waals surface area contributed by atoms with E-state index in [-0.39, 0.29) is 5.91 Å². The fourth-order valence-corrected chi connectivity index (χ4v) is 6.80. The molecular weight excluding hydrogens is 498 g/mol. The molecule has 1 aromatic carbocycles. The molecule has 1 amide bonds. The number of benzene rings is 1. The first-order chi connectivity index (χ1) is 18.4. The molecule has 2 N–H and O–H groups in total. The normalized spacial score (nSPS) is 19.7. The predicted octanol–water partition coefficient (Wildman–Crippen LogP) is 3.54. The molecule has 1 unspecified atom stereocenters. The van der Waals surface area contributed by atoms with Crippen LogP contribution in [0.5, 0.6) is 0 Å². The van der Waals surface area contributed by atoms with E-state index in [1.54, 1.807) is 11.2 Å². The van der Waals surface area contributed by atoms with Crippen molar-refractivity contribution in [2.75, 3.05) is 38.6 Å². The number of aryl methyl sites for hydroxylation is 1. The van der Waals surface area contributed by atoms with Crippen LogP contribution in [0.3, 0.4) is 0 Å². The zero-order valence-electron chi connectivity index (χ0n) is 22.2. The van der Waals surface area contributed by atoms with Crippen molar-refractivity contribution in [2.24, 2.45) is 0 Å². The molecule has 5 heterocycles. The summed E-state index contributed by atoms with van der Waals surface area (Å²) in [6.07, 6.45) is 5.74. The van der Waals surface area contributed by atoms with E-state index >= 15 is 0 Å². The molecule has 200 valence electrons. The maximum Gasteiger partial charge on any atom is 0.237 e. The topological polar surface area (TPSA) is 98.6 Å². The van der Waals surface area contributed by atoms with Crippen LogP contribution in [0.2, 0.25) is 0 Å². The second kappa shape index (κ2) is 10.2. The minimum absolute atomic E-state index is 0.120. The highest BCUT2D eigenvalue weighted by atomic mass is 32.2. The van der Waals surface area contributed by atoms with Gasteiger partial charge in [-0.05, 0) is 79.6 Å². The van der Waals surface area contributed by atoms with Crippen LogP contribution in [0.15, 0.2) is 36.8 Å². The van der Waals surface area contributed by atoms with Crippen molar-refractivity contribution in [1.82, 2.24) is 34.1 Å². The highest BCUT2D eigenvalue weighted by Gasteiger charge is 2.26. The van der Waals surface area contributed by atoms with E-state index in [9.17, 15) is 9.00 Å². The largest absolute Gasteiger partial charge is 0.354 e. The summed E-state index contributed by atoms with van der Waals surface area (Å²) in [5, 5.41) is 5.66. The first kappa shape index (κ1) is 25.2. The van der Waals surface area contributed by atoms with Crippen LogP contribution in [-0.4, -0.2) is 78.1 Å². The number of piperidine rings is 1. The number of nitrogens with one attached hydrogen (secondary N) is 2. The van der Waals surface area contributed by atoms with Crippen LogP contribution in [0.25, 0.3) is 27.8 Å². The summed E-state index contributed by atoms with van der Waals surface area (Å²) < 4.78 is 16.2. The van der Waals surface area contributed by atoms with Gasteiger partial charge >= 0.3 is 0 Å². The van der Waals surface area contributed by atoms with Crippen molar-refractivity contribution >= 4 is 33.4 Å². The number of carbonyl (C=O) groups is 1. The number of nitrogens with zero attached hydrogens (tertiary/aromatic N) is 5. The standard InChI is InChI=1S/C28H35N7O2S/c1-18(2)26-23-13-21(20-6-8-33(9-7-20)15-25(36)34-10-11-38(37)31-17-34)4-5-24(23)32-27(26)22-12-19(3)28-29-16-30-35(28)14-22/h4-5,12-14,16,18,20,31-32H,6-11,15,17H2,1-3H3. The lowest BCUT2D eigenvalue weighted by molar-refractivity contribution is -0.132. The van der Waals surface area contributed by atoms with Gasteiger partial charge in [-0.1, -0.05) is 19.9 Å². The van der Waals surface area contributed by atoms with Crippen LogP contribution in [0.4, 0.5) is 0 Å². The number of H-pyrrole nitrogens is 1. The minimum Gasteiger partial charge on any atom is -0.354 e. The molecule has 1 atom stereocenters. The average molecular weight is 534 g/mol. The summed E-state index contributed by atoms with van der Waals surface area (Å²) >= 11 is 0. The van der Waals surface area contributed by atoms with Crippen LogP contribution in [0, 0.1) is 6.92 Å². The van der Waals surface area contributed by atoms with E-state index in [1.165, 1.54) is 16.5 Å². The molecule has 2 saturated heterocycles. The lowest BCUT2D eigenvalue weighted by Gasteiger charge is -2.34. The third-order valence-corrected chi connectivity index (χ3v) is 9.03. The second-order valence-corrected chi connectivity index (χ2v) is 12.3. The lowest BCUT2D eigenvalue weighted by atomic mass is 9.87. The smallest absolute Gasteiger partial charge is 0.237 e. The number of rotatable bonds is 5. The minimum atomic E-state index is -1.01. The molecule has 0 radical (unpaired) electrons. The molecule has 0 aliphatic carbocycles. The highest BCUT2D eigenvalue weighted by molar-refractivity contribution is 7.83. The Labute approximate surface area is 225 Å². The third-order valence-electron chi connectivity index (χ3n) is 8.02. The van der Waals surface area contributed by atoms with E-state index in [0.717, 1.165) is 53.9 Å². The number of pyridine rings is 1. The average Bonchev–Trinajstić information content (AvgIpc) is 3.54. The van der Waals surface area contributed by atoms with Gasteiger partial charge in [0.1, 0.15) is 6.33 Å². The molecule has 6 rings (SSSR count). The van der Waals surface area contributed by atoms with E-state index in [4.69, 9.17) is 0 Å². The van der Waals surface area contributed by atoms with E-state index in [0.29, 0.717) is 37.3 Å². The number of likely N-dealkylation sites (tertiary alicyclic amines) is 1. The Balaban J connectivity index is 1.20. The molecule has 38 heavy (non-hydrogen) atoms. The molecule has 0 bridgehead atoms. The first-order valence-corrected chi connectivity index (χ1v) is 14.8. The van der Waals surface area contributed by atoms with Gasteiger partial charge < -0.3 is 9.88 Å². The second-order valence-electron chi connectivity index (χ2n) is 10.9. The molecule has 2 aliphatic heterocycles. The van der Waals surface area contributed by atoms with E-state index in [1.807, 2.05) is 4.52 Å². The van der Waals surface area contributed by atoms with Gasteiger partial charge in [0, 0.05) is 29.2 Å². The van der Waals surface area contributed by atoms with Gasteiger partial charge in [-0.2, -0.15) is 5.10 Å². The molecule has 0 saturated carbocycles.